The molecule has 0 saturated heterocycles. The van der Waals surface area contributed by atoms with Gasteiger partial charge in [-0.15, -0.1) is 0 Å². The molecule has 0 saturated carbocycles. The van der Waals surface area contributed by atoms with Crippen LogP contribution in [0.4, 0.5) is 0 Å². The molecule has 1 aliphatic rings. The Morgan fingerprint density at radius 1 is 1.31 bits per heavy atom. The molecule has 0 fully saturated rings. The first-order chi connectivity index (χ1) is 7.79. The zero-order valence-corrected chi connectivity index (χ0v) is 10.9. The highest BCUT2D eigenvalue weighted by atomic mass is 79.9. The van der Waals surface area contributed by atoms with Gasteiger partial charge >= 0.3 is 0 Å². The smallest absolute Gasteiger partial charge is 0.0998 e. The Hall–Kier alpha value is -0.860. The maximum atomic E-state index is 5.61. The fraction of sp³-hybridized carbons (Fsp3) is 0.286. The van der Waals surface area contributed by atoms with Crippen LogP contribution in [-0.4, -0.2) is 18.0 Å². The van der Waals surface area contributed by atoms with Crippen molar-refractivity contribution in [3.05, 3.63) is 54.1 Å². The molecule has 1 aliphatic carbocycles. The van der Waals surface area contributed by atoms with E-state index in [1.807, 2.05) is 6.07 Å². The lowest BCUT2D eigenvalue weighted by Gasteiger charge is -2.30. The third-order valence-electron chi connectivity index (χ3n) is 2.96. The summed E-state index contributed by atoms with van der Waals surface area (Å²) in [7, 11) is 1.76. The minimum Gasteiger partial charge on any atom is -0.373 e. The zero-order chi connectivity index (χ0) is 11.4. The summed E-state index contributed by atoms with van der Waals surface area (Å²) >= 11 is 3.52. The number of rotatable bonds is 3. The molecule has 0 bridgehead atoms. The second-order valence-corrected chi connectivity index (χ2v) is 4.56. The zero-order valence-electron chi connectivity index (χ0n) is 9.32. The molecule has 1 atom stereocenters. The van der Waals surface area contributed by atoms with Crippen molar-refractivity contribution >= 4 is 21.5 Å². The number of methoxy groups -OCH3 is 1. The summed E-state index contributed by atoms with van der Waals surface area (Å²) in [4.78, 5) is 0. The number of benzene rings is 1. The Kier molecular flexibility index (Phi) is 3.62. The molecule has 0 amide bonds. The Morgan fingerprint density at radius 3 is 2.69 bits per heavy atom. The average Bonchev–Trinajstić information content (AvgIpc) is 2.40. The first kappa shape index (κ1) is 11.6. The second kappa shape index (κ2) is 4.98. The van der Waals surface area contributed by atoms with Crippen LogP contribution in [0, 0.1) is 0 Å². The van der Waals surface area contributed by atoms with E-state index >= 15 is 0 Å². The van der Waals surface area contributed by atoms with Crippen molar-refractivity contribution in [1.82, 2.24) is 0 Å². The summed E-state index contributed by atoms with van der Waals surface area (Å²) in [6, 6.07) is 10.4. The Morgan fingerprint density at radius 2 is 2.06 bits per heavy atom. The first-order valence-electron chi connectivity index (χ1n) is 5.34. The van der Waals surface area contributed by atoms with E-state index in [-0.39, 0.29) is 5.60 Å². The number of halogens is 1. The van der Waals surface area contributed by atoms with Crippen LogP contribution in [0.3, 0.4) is 0 Å². The van der Waals surface area contributed by atoms with E-state index in [9.17, 15) is 0 Å². The molecule has 0 aliphatic heterocycles. The summed E-state index contributed by atoms with van der Waals surface area (Å²) in [6.07, 6.45) is 7.27. The normalized spacial score (nSPS) is 24.2. The van der Waals surface area contributed by atoms with E-state index in [4.69, 9.17) is 4.74 Å². The third-order valence-corrected chi connectivity index (χ3v) is 3.91. The molecular weight excluding hydrogens is 264 g/mol. The summed E-state index contributed by atoms with van der Waals surface area (Å²) in [6.45, 7) is 0. The monoisotopic (exact) mass is 278 g/mol. The first-order valence-corrected chi connectivity index (χ1v) is 6.47. The molecule has 1 unspecified atom stereocenters. The van der Waals surface area contributed by atoms with Gasteiger partial charge in [-0.1, -0.05) is 64.5 Å². The number of ether oxygens (including phenoxy) is 1. The number of hydrogen-bond donors (Lipinski definition) is 0. The van der Waals surface area contributed by atoms with Gasteiger partial charge in [0.15, 0.2) is 0 Å². The van der Waals surface area contributed by atoms with Crippen molar-refractivity contribution in [2.24, 2.45) is 0 Å². The predicted octanol–water partition coefficient (Wildman–Crippen LogP) is 3.81. The van der Waals surface area contributed by atoms with E-state index in [0.29, 0.717) is 0 Å². The van der Waals surface area contributed by atoms with Crippen LogP contribution >= 0.6 is 15.9 Å². The average molecular weight is 279 g/mol. The highest BCUT2D eigenvalue weighted by molar-refractivity contribution is 9.09. The number of hydrogen-bond acceptors (Lipinski definition) is 1. The fourth-order valence-electron chi connectivity index (χ4n) is 1.92. The molecule has 2 rings (SSSR count). The minimum atomic E-state index is -0.195. The van der Waals surface area contributed by atoms with Crippen molar-refractivity contribution < 1.29 is 4.74 Å². The van der Waals surface area contributed by atoms with Crippen molar-refractivity contribution in [1.29, 1.82) is 0 Å². The van der Waals surface area contributed by atoms with Crippen molar-refractivity contribution in [2.45, 2.75) is 12.0 Å². The van der Waals surface area contributed by atoms with Gasteiger partial charge in [-0.2, -0.15) is 0 Å². The van der Waals surface area contributed by atoms with Gasteiger partial charge in [0.25, 0.3) is 0 Å². The molecule has 0 heterocycles. The van der Waals surface area contributed by atoms with E-state index < -0.39 is 0 Å². The molecule has 0 radical (unpaired) electrons. The van der Waals surface area contributed by atoms with Crippen molar-refractivity contribution in [3.8, 4) is 0 Å². The molecule has 16 heavy (non-hydrogen) atoms. The minimum absolute atomic E-state index is 0.195. The summed E-state index contributed by atoms with van der Waals surface area (Å²) in [5, 5.41) is 0.817. The van der Waals surface area contributed by atoms with E-state index in [2.05, 4.69) is 58.4 Å². The van der Waals surface area contributed by atoms with Crippen LogP contribution in [0.25, 0.3) is 5.57 Å². The van der Waals surface area contributed by atoms with E-state index in [1.165, 1.54) is 11.1 Å². The highest BCUT2D eigenvalue weighted by Gasteiger charge is 2.28. The van der Waals surface area contributed by atoms with Gasteiger partial charge in [-0.25, -0.2) is 0 Å². The molecule has 0 aromatic heterocycles. The van der Waals surface area contributed by atoms with Gasteiger partial charge in [0.05, 0.1) is 5.60 Å². The van der Waals surface area contributed by atoms with Crippen LogP contribution in [0.5, 0.6) is 0 Å². The molecule has 0 spiro atoms. The Labute approximate surface area is 105 Å². The van der Waals surface area contributed by atoms with Crippen LogP contribution in [-0.2, 0) is 4.74 Å². The molecule has 1 aromatic carbocycles. The van der Waals surface area contributed by atoms with E-state index in [0.717, 1.165) is 11.8 Å². The largest absolute Gasteiger partial charge is 0.373 e. The quantitative estimate of drug-likeness (QED) is 0.764. The van der Waals surface area contributed by atoms with Gasteiger partial charge in [0, 0.05) is 18.9 Å². The van der Waals surface area contributed by atoms with Gasteiger partial charge in [0.1, 0.15) is 0 Å². The summed E-state index contributed by atoms with van der Waals surface area (Å²) in [5.74, 6) is 0. The summed E-state index contributed by atoms with van der Waals surface area (Å²) < 4.78 is 5.61. The predicted molar refractivity (Wildman–Crippen MR) is 71.7 cm³/mol. The van der Waals surface area contributed by atoms with E-state index in [1.54, 1.807) is 7.11 Å². The van der Waals surface area contributed by atoms with Crippen LogP contribution in [0.1, 0.15) is 12.0 Å². The molecule has 1 nitrogen and oxygen atoms in total. The fourth-order valence-corrected chi connectivity index (χ4v) is 2.53. The van der Waals surface area contributed by atoms with Crippen LogP contribution in [0.15, 0.2) is 48.6 Å². The van der Waals surface area contributed by atoms with Crippen LogP contribution < -0.4 is 0 Å². The van der Waals surface area contributed by atoms with Gasteiger partial charge in [-0.05, 0) is 11.1 Å². The lowest BCUT2D eigenvalue weighted by molar-refractivity contribution is 0.0579. The Bertz CT molecular complexity index is 402. The summed E-state index contributed by atoms with van der Waals surface area (Å²) in [5.41, 5.74) is 2.40. The SMILES string of the molecule is COC1(CBr)C=CC=C(c2ccccc2)C1. The molecular formula is C14H15BrO. The maximum Gasteiger partial charge on any atom is 0.0998 e. The van der Waals surface area contributed by atoms with Crippen LogP contribution in [0.2, 0.25) is 0 Å². The van der Waals surface area contributed by atoms with Gasteiger partial charge in [0.2, 0.25) is 0 Å². The topological polar surface area (TPSA) is 9.23 Å². The standard InChI is InChI=1S/C14H15BrO/c1-16-14(11-15)9-5-8-13(10-14)12-6-3-2-4-7-12/h2-9H,10-11H2,1H3. The second-order valence-electron chi connectivity index (χ2n) is 4.00. The third kappa shape index (κ3) is 2.28. The van der Waals surface area contributed by atoms with Gasteiger partial charge in [-0.3, -0.25) is 0 Å². The van der Waals surface area contributed by atoms with Gasteiger partial charge < -0.3 is 4.74 Å². The Balaban J connectivity index is 2.26. The highest BCUT2D eigenvalue weighted by Crippen LogP contribution is 2.33. The lowest BCUT2D eigenvalue weighted by Crippen LogP contribution is -2.32. The maximum absolute atomic E-state index is 5.61. The van der Waals surface area contributed by atoms with Crippen molar-refractivity contribution in [2.75, 3.05) is 12.4 Å². The molecule has 0 N–H and O–H groups in total. The number of alkyl halides is 1. The van der Waals surface area contributed by atoms with Crippen molar-refractivity contribution in [3.63, 3.8) is 0 Å². The number of allylic oxidation sites excluding steroid dienone is 2. The molecule has 2 heteroatoms. The lowest BCUT2D eigenvalue weighted by atomic mass is 9.87. The molecule has 1 aromatic rings. The molecule has 84 valence electrons.